The topological polar surface area (TPSA) is 103 Å². The molecule has 1 fully saturated rings. The number of benzene rings is 1. The number of fused-ring (bicyclic) bond motifs is 1. The van der Waals surface area contributed by atoms with E-state index in [0.717, 1.165) is 5.56 Å². The SMILES string of the molecule is COc1ccc(C2CC(=O)Nc3nc(N4CCOCC4)nc(N)c32)cc1Cl. The number of carbonyl (C=O) groups is 1. The fraction of sp³-hybridized carbons (Fsp3) is 0.389. The Kier molecular flexibility index (Phi) is 4.75. The minimum atomic E-state index is -0.268. The molecule has 2 aliphatic heterocycles. The summed E-state index contributed by atoms with van der Waals surface area (Å²) < 4.78 is 10.6. The first-order valence-electron chi connectivity index (χ1n) is 8.70. The minimum Gasteiger partial charge on any atom is -0.495 e. The van der Waals surface area contributed by atoms with Gasteiger partial charge >= 0.3 is 0 Å². The van der Waals surface area contributed by atoms with Gasteiger partial charge in [0.25, 0.3) is 0 Å². The standard InChI is InChI=1S/C18H20ClN5O3/c1-26-13-3-2-10(8-12(13)19)11-9-14(25)21-17-15(11)16(20)22-18(23-17)24-4-6-27-7-5-24/h2-3,8,11H,4-7,9H2,1H3,(H3,20,21,22,23,25). The van der Waals surface area contributed by atoms with Crippen LogP contribution in [0, 0.1) is 0 Å². The Morgan fingerprint density at radius 3 is 2.81 bits per heavy atom. The molecule has 142 valence electrons. The lowest BCUT2D eigenvalue weighted by molar-refractivity contribution is -0.116. The zero-order valence-electron chi connectivity index (χ0n) is 14.9. The van der Waals surface area contributed by atoms with Crippen molar-refractivity contribution in [2.24, 2.45) is 0 Å². The number of ether oxygens (including phenoxy) is 2. The van der Waals surface area contributed by atoms with E-state index >= 15 is 0 Å². The van der Waals surface area contributed by atoms with E-state index in [1.165, 1.54) is 0 Å². The molecule has 1 amide bonds. The van der Waals surface area contributed by atoms with Crippen molar-refractivity contribution in [3.8, 4) is 5.75 Å². The molecule has 1 aromatic carbocycles. The predicted molar refractivity (Wildman–Crippen MR) is 103 cm³/mol. The Morgan fingerprint density at radius 2 is 2.11 bits per heavy atom. The highest BCUT2D eigenvalue weighted by Crippen LogP contribution is 2.41. The lowest BCUT2D eigenvalue weighted by atomic mass is 9.86. The van der Waals surface area contributed by atoms with Gasteiger partial charge in [0, 0.05) is 31.0 Å². The second-order valence-corrected chi connectivity index (χ2v) is 6.88. The summed E-state index contributed by atoms with van der Waals surface area (Å²) in [6, 6.07) is 5.46. The van der Waals surface area contributed by atoms with E-state index < -0.39 is 0 Å². The molecule has 1 aromatic heterocycles. The van der Waals surface area contributed by atoms with Crippen LogP contribution in [0.5, 0.6) is 5.75 Å². The van der Waals surface area contributed by atoms with Crippen molar-refractivity contribution in [1.29, 1.82) is 0 Å². The van der Waals surface area contributed by atoms with E-state index in [1.54, 1.807) is 19.2 Å². The van der Waals surface area contributed by atoms with E-state index in [4.69, 9.17) is 26.8 Å². The maximum Gasteiger partial charge on any atom is 0.229 e. The maximum atomic E-state index is 12.3. The van der Waals surface area contributed by atoms with Gasteiger partial charge in [-0.2, -0.15) is 9.97 Å². The highest BCUT2D eigenvalue weighted by Gasteiger charge is 2.32. The number of nitrogens with zero attached hydrogens (tertiary/aromatic N) is 3. The molecule has 3 N–H and O–H groups in total. The highest BCUT2D eigenvalue weighted by atomic mass is 35.5. The summed E-state index contributed by atoms with van der Waals surface area (Å²) in [5.74, 6) is 1.51. The van der Waals surface area contributed by atoms with Crippen LogP contribution in [0.3, 0.4) is 0 Å². The first-order chi connectivity index (χ1) is 13.1. The number of nitrogens with two attached hydrogens (primary N) is 1. The number of morpholine rings is 1. The van der Waals surface area contributed by atoms with Gasteiger partial charge < -0.3 is 25.4 Å². The largest absolute Gasteiger partial charge is 0.495 e. The van der Waals surface area contributed by atoms with E-state index in [1.807, 2.05) is 11.0 Å². The number of carbonyl (C=O) groups excluding carboxylic acids is 1. The number of nitrogen functional groups attached to an aromatic ring is 1. The van der Waals surface area contributed by atoms with Gasteiger partial charge in [-0.15, -0.1) is 0 Å². The summed E-state index contributed by atoms with van der Waals surface area (Å²) in [6.07, 6.45) is 0.250. The molecular weight excluding hydrogens is 370 g/mol. The van der Waals surface area contributed by atoms with E-state index in [0.29, 0.717) is 60.2 Å². The molecule has 9 heteroatoms. The molecule has 4 rings (SSSR count). The summed E-state index contributed by atoms with van der Waals surface area (Å²) in [7, 11) is 1.56. The lowest BCUT2D eigenvalue weighted by Crippen LogP contribution is -2.38. The number of hydrogen-bond donors (Lipinski definition) is 2. The summed E-state index contributed by atoms with van der Waals surface area (Å²) in [4.78, 5) is 23.4. The van der Waals surface area contributed by atoms with Crippen LogP contribution in [0.4, 0.5) is 17.6 Å². The third-order valence-electron chi connectivity index (χ3n) is 4.83. The van der Waals surface area contributed by atoms with Gasteiger partial charge in [0.1, 0.15) is 17.4 Å². The Labute approximate surface area is 161 Å². The van der Waals surface area contributed by atoms with Gasteiger partial charge in [0.15, 0.2) is 0 Å². The van der Waals surface area contributed by atoms with Crippen LogP contribution in [0.1, 0.15) is 23.5 Å². The van der Waals surface area contributed by atoms with Crippen LogP contribution in [0.2, 0.25) is 5.02 Å². The lowest BCUT2D eigenvalue weighted by Gasteiger charge is -2.30. The van der Waals surface area contributed by atoms with Crippen molar-refractivity contribution in [2.75, 3.05) is 49.4 Å². The molecule has 8 nitrogen and oxygen atoms in total. The van der Waals surface area contributed by atoms with Gasteiger partial charge in [0.05, 0.1) is 25.3 Å². The quantitative estimate of drug-likeness (QED) is 0.827. The number of methoxy groups -OCH3 is 1. The number of aromatic nitrogens is 2. The highest BCUT2D eigenvalue weighted by molar-refractivity contribution is 6.32. The summed E-state index contributed by atoms with van der Waals surface area (Å²) in [5, 5.41) is 3.31. The van der Waals surface area contributed by atoms with E-state index in [9.17, 15) is 4.79 Å². The van der Waals surface area contributed by atoms with Gasteiger partial charge in [-0.05, 0) is 17.7 Å². The first-order valence-corrected chi connectivity index (χ1v) is 9.08. The summed E-state index contributed by atoms with van der Waals surface area (Å²) >= 11 is 6.27. The number of hydrogen-bond acceptors (Lipinski definition) is 7. The Hall–Kier alpha value is -2.58. The van der Waals surface area contributed by atoms with E-state index in [2.05, 4.69) is 15.3 Å². The van der Waals surface area contributed by atoms with Crippen LogP contribution in [-0.2, 0) is 9.53 Å². The van der Waals surface area contributed by atoms with Crippen LogP contribution in [0.15, 0.2) is 18.2 Å². The summed E-state index contributed by atoms with van der Waals surface area (Å²) in [5.41, 5.74) is 7.88. The zero-order chi connectivity index (χ0) is 19.0. The molecule has 0 spiro atoms. The number of halogens is 1. The molecule has 27 heavy (non-hydrogen) atoms. The van der Waals surface area contributed by atoms with Gasteiger partial charge in [-0.3, -0.25) is 4.79 Å². The van der Waals surface area contributed by atoms with Crippen molar-refractivity contribution in [3.05, 3.63) is 34.3 Å². The molecule has 2 aliphatic rings. The molecular formula is C18H20ClN5O3. The first kappa shape index (κ1) is 17.8. The van der Waals surface area contributed by atoms with Crippen LogP contribution in [-0.4, -0.2) is 49.3 Å². The third-order valence-corrected chi connectivity index (χ3v) is 5.13. The van der Waals surface area contributed by atoms with Crippen LogP contribution in [0.25, 0.3) is 0 Å². The van der Waals surface area contributed by atoms with Crippen molar-refractivity contribution >= 4 is 35.1 Å². The molecule has 3 heterocycles. The number of nitrogens with one attached hydrogen (secondary N) is 1. The molecule has 1 unspecified atom stereocenters. The normalized spacial score (nSPS) is 19.4. The minimum absolute atomic E-state index is 0.120. The van der Waals surface area contributed by atoms with Crippen molar-refractivity contribution < 1.29 is 14.3 Å². The second-order valence-electron chi connectivity index (χ2n) is 6.47. The molecule has 0 radical (unpaired) electrons. The van der Waals surface area contributed by atoms with Crippen LogP contribution < -0.4 is 20.7 Å². The fourth-order valence-corrected chi connectivity index (χ4v) is 3.74. The Balaban J connectivity index is 1.75. The number of rotatable bonds is 3. The van der Waals surface area contributed by atoms with Gasteiger partial charge in [0.2, 0.25) is 11.9 Å². The molecule has 1 saturated heterocycles. The van der Waals surface area contributed by atoms with Crippen molar-refractivity contribution in [3.63, 3.8) is 0 Å². The van der Waals surface area contributed by atoms with Gasteiger partial charge in [-0.1, -0.05) is 17.7 Å². The van der Waals surface area contributed by atoms with Crippen molar-refractivity contribution in [2.45, 2.75) is 12.3 Å². The molecule has 0 bridgehead atoms. The summed E-state index contributed by atoms with van der Waals surface area (Å²) in [6.45, 7) is 2.59. The average Bonchev–Trinajstić information content (AvgIpc) is 2.67. The predicted octanol–water partition coefficient (Wildman–Crippen LogP) is 2.03. The molecule has 2 aromatic rings. The number of amides is 1. The van der Waals surface area contributed by atoms with Gasteiger partial charge in [-0.25, -0.2) is 0 Å². The Bertz CT molecular complexity index is 886. The third kappa shape index (κ3) is 3.38. The average molecular weight is 390 g/mol. The smallest absolute Gasteiger partial charge is 0.229 e. The molecule has 0 aliphatic carbocycles. The number of anilines is 3. The maximum absolute atomic E-state index is 12.3. The Morgan fingerprint density at radius 1 is 1.33 bits per heavy atom. The van der Waals surface area contributed by atoms with Crippen LogP contribution >= 0.6 is 11.6 Å². The monoisotopic (exact) mass is 389 g/mol. The molecule has 1 atom stereocenters. The van der Waals surface area contributed by atoms with Crippen molar-refractivity contribution in [1.82, 2.24) is 9.97 Å². The second kappa shape index (κ2) is 7.21. The van der Waals surface area contributed by atoms with E-state index in [-0.39, 0.29) is 18.2 Å². The molecule has 0 saturated carbocycles. The zero-order valence-corrected chi connectivity index (χ0v) is 15.6. The fourth-order valence-electron chi connectivity index (χ4n) is 3.47.